The fraction of sp³-hybridized carbons (Fsp3) is 0.417. The van der Waals surface area contributed by atoms with E-state index in [0.29, 0.717) is 73.0 Å². The van der Waals surface area contributed by atoms with Gasteiger partial charge in [0.1, 0.15) is 29.1 Å². The Labute approximate surface area is 267 Å². The number of ketones is 1. The van der Waals surface area contributed by atoms with Gasteiger partial charge in [-0.1, -0.05) is 11.6 Å². The van der Waals surface area contributed by atoms with E-state index in [-0.39, 0.29) is 42.5 Å². The maximum absolute atomic E-state index is 13.4. The highest BCUT2D eigenvalue weighted by atomic mass is 16.6. The van der Waals surface area contributed by atoms with Gasteiger partial charge in [-0.15, -0.1) is 0 Å². The van der Waals surface area contributed by atoms with E-state index in [4.69, 9.17) is 18.9 Å². The van der Waals surface area contributed by atoms with Crippen molar-refractivity contribution in [1.29, 1.82) is 0 Å². The summed E-state index contributed by atoms with van der Waals surface area (Å²) < 4.78 is 23.7. The Morgan fingerprint density at radius 3 is 2.72 bits per heavy atom. The van der Waals surface area contributed by atoms with Gasteiger partial charge in [0.05, 0.1) is 30.5 Å². The number of Topliss-reactive ketones (excluding diaryl/α,β-unsaturated/α-hetero) is 1. The van der Waals surface area contributed by atoms with Crippen LogP contribution in [0.3, 0.4) is 0 Å². The van der Waals surface area contributed by atoms with Crippen LogP contribution in [0.4, 0.5) is 0 Å². The minimum atomic E-state index is -1.19. The van der Waals surface area contributed by atoms with Crippen LogP contribution in [0.1, 0.15) is 75.0 Å². The zero-order chi connectivity index (χ0) is 32.6. The number of hydrogen-bond donors (Lipinski definition) is 3. The number of rotatable bonds is 10. The maximum Gasteiger partial charge on any atom is 0.375 e. The first-order chi connectivity index (χ1) is 22.2. The van der Waals surface area contributed by atoms with Gasteiger partial charge in [-0.3, -0.25) is 9.59 Å². The normalized spacial score (nSPS) is 22.1. The molecule has 6 rings (SSSR count). The number of hydrogen-bond acceptors (Lipinski definition) is 9. The van der Waals surface area contributed by atoms with Crippen LogP contribution < -0.4 is 14.2 Å². The summed E-state index contributed by atoms with van der Waals surface area (Å²) in [5.74, 6) is -0.219. The zero-order valence-corrected chi connectivity index (χ0v) is 26.3. The second-order valence-corrected chi connectivity index (χ2v) is 12.3. The van der Waals surface area contributed by atoms with Crippen molar-refractivity contribution in [2.45, 2.75) is 76.4 Å². The Bertz CT molecular complexity index is 1760. The molecule has 1 aromatic heterocycles. The highest BCUT2D eigenvalue weighted by Crippen LogP contribution is 2.54. The number of carbonyl (C=O) groups is 3. The molecule has 1 fully saturated rings. The third-order valence-electron chi connectivity index (χ3n) is 9.35. The molecule has 3 unspecified atom stereocenters. The number of nitrogens with one attached hydrogen (secondary N) is 1. The number of methoxy groups -OCH3 is 1. The Hall–Kier alpha value is -4.41. The number of unbranched alkanes of at least 4 members (excludes halogenated alkanes) is 1. The van der Waals surface area contributed by atoms with Crippen molar-refractivity contribution >= 4 is 34.5 Å². The van der Waals surface area contributed by atoms with Gasteiger partial charge in [-0.25, -0.2) is 4.79 Å². The summed E-state index contributed by atoms with van der Waals surface area (Å²) in [6.07, 6.45) is 4.81. The first-order valence-corrected chi connectivity index (χ1v) is 15.8. The molecule has 0 amide bonds. The number of aldehydes is 1. The number of aliphatic hydroxyl groups is 2. The Morgan fingerprint density at radius 1 is 1.15 bits per heavy atom. The van der Waals surface area contributed by atoms with Gasteiger partial charge in [0.25, 0.3) is 0 Å². The summed E-state index contributed by atoms with van der Waals surface area (Å²) in [6.45, 7) is 3.51. The van der Waals surface area contributed by atoms with E-state index in [2.05, 4.69) is 4.98 Å². The van der Waals surface area contributed by atoms with E-state index in [1.807, 2.05) is 30.5 Å². The van der Waals surface area contributed by atoms with Crippen molar-refractivity contribution in [3.05, 3.63) is 70.1 Å². The fourth-order valence-electron chi connectivity index (χ4n) is 6.95. The highest BCUT2D eigenvalue weighted by molar-refractivity contribution is 6.10. The molecule has 3 heterocycles. The monoisotopic (exact) mass is 629 g/mol. The molecule has 1 aliphatic carbocycles. The number of carbonyl (C=O) groups excluding carboxylic acids is 3. The van der Waals surface area contributed by atoms with E-state index in [9.17, 15) is 24.6 Å². The highest BCUT2D eigenvalue weighted by Gasteiger charge is 2.43. The molecule has 3 aromatic rings. The zero-order valence-electron chi connectivity index (χ0n) is 26.3. The quantitative estimate of drug-likeness (QED) is 0.159. The fourth-order valence-corrected chi connectivity index (χ4v) is 6.95. The van der Waals surface area contributed by atoms with E-state index in [1.54, 1.807) is 19.9 Å². The van der Waals surface area contributed by atoms with Crippen LogP contribution in [0.2, 0.25) is 0 Å². The lowest BCUT2D eigenvalue weighted by Gasteiger charge is -2.31. The average Bonchev–Trinajstić information content (AvgIpc) is 3.70. The molecule has 0 radical (unpaired) electrons. The molecular weight excluding hydrogens is 590 g/mol. The van der Waals surface area contributed by atoms with Crippen molar-refractivity contribution < 1.29 is 43.5 Å². The van der Waals surface area contributed by atoms with Crippen molar-refractivity contribution in [3.8, 4) is 17.2 Å². The van der Waals surface area contributed by atoms with Gasteiger partial charge in [-0.2, -0.15) is 0 Å². The van der Waals surface area contributed by atoms with Gasteiger partial charge >= 0.3 is 5.97 Å². The minimum absolute atomic E-state index is 0.0409. The first kappa shape index (κ1) is 31.6. The van der Waals surface area contributed by atoms with Crippen LogP contribution in [0, 0.1) is 0 Å². The Morgan fingerprint density at radius 2 is 1.98 bits per heavy atom. The molecule has 3 N–H and O–H groups in total. The van der Waals surface area contributed by atoms with Crippen LogP contribution >= 0.6 is 0 Å². The van der Waals surface area contributed by atoms with Crippen molar-refractivity contribution in [1.82, 2.24) is 4.98 Å². The molecule has 3 atom stereocenters. The number of benzene rings is 2. The van der Waals surface area contributed by atoms with Crippen molar-refractivity contribution in [2.24, 2.45) is 0 Å². The second kappa shape index (κ2) is 12.8. The predicted octanol–water partition coefficient (Wildman–Crippen LogP) is 5.09. The van der Waals surface area contributed by atoms with E-state index < -0.39 is 23.6 Å². The topological polar surface area (TPSA) is 144 Å². The van der Waals surface area contributed by atoms with Crippen LogP contribution in [-0.2, 0) is 25.5 Å². The van der Waals surface area contributed by atoms with Gasteiger partial charge in [0.15, 0.2) is 6.29 Å². The molecule has 2 aliphatic heterocycles. The average molecular weight is 630 g/mol. The number of fused-ring (bicyclic) bond motifs is 3. The molecule has 242 valence electrons. The molecule has 0 saturated heterocycles. The molecule has 46 heavy (non-hydrogen) atoms. The van der Waals surface area contributed by atoms with E-state index >= 15 is 0 Å². The molecule has 2 aromatic carbocycles. The van der Waals surface area contributed by atoms with Gasteiger partial charge in [0, 0.05) is 54.3 Å². The minimum Gasteiger partial charge on any atom is -0.496 e. The molecule has 10 nitrogen and oxygen atoms in total. The van der Waals surface area contributed by atoms with Gasteiger partial charge < -0.3 is 34.1 Å². The standard InChI is InChI=1S/C36H39NO9/c1-4-44-35(41)34-25(19-39)31(22-8-10-27(40)23(16-22)20-7-9-26-21(15-20)11-13-37-26)32-29(46-34)18-28-24(33(32)43-3)17-30(45-28)36(2,42)12-5-6-14-38/h7,9,11,13,15,18-19,23,30,37-38,42H,4-6,8,10,12,14,16-17H2,1-3H3. The number of ether oxygens (including phenoxy) is 4. The maximum atomic E-state index is 13.4. The largest absolute Gasteiger partial charge is 0.496 e. The van der Waals surface area contributed by atoms with Crippen LogP contribution in [0.5, 0.6) is 17.2 Å². The lowest BCUT2D eigenvalue weighted by atomic mass is 9.75. The van der Waals surface area contributed by atoms with Crippen molar-refractivity contribution in [2.75, 3.05) is 20.3 Å². The second-order valence-electron chi connectivity index (χ2n) is 12.3. The number of H-pyrrole nitrogens is 1. The number of esters is 1. The molecule has 3 aliphatic rings. The SMILES string of the molecule is CCOC(=O)C1=C(C=O)C(=C2CCC(=O)C(c3ccc4[nH]ccc4c3)C2)c2c(cc3c(c2OC)CC(C(C)(O)CCCCO)O3)O1. The lowest BCUT2D eigenvalue weighted by Crippen LogP contribution is -2.42. The number of aromatic nitrogens is 1. The Balaban J connectivity index is 1.49. The van der Waals surface area contributed by atoms with Crippen LogP contribution in [0.25, 0.3) is 16.5 Å². The van der Waals surface area contributed by atoms with Crippen molar-refractivity contribution in [3.63, 3.8) is 0 Å². The van der Waals surface area contributed by atoms with E-state index in [0.717, 1.165) is 22.0 Å². The first-order valence-electron chi connectivity index (χ1n) is 15.8. The predicted molar refractivity (Wildman–Crippen MR) is 170 cm³/mol. The summed E-state index contributed by atoms with van der Waals surface area (Å²) >= 11 is 0. The summed E-state index contributed by atoms with van der Waals surface area (Å²) in [5.41, 5.74) is 3.24. The molecule has 10 heteroatoms. The van der Waals surface area contributed by atoms with Gasteiger partial charge in [0.2, 0.25) is 5.76 Å². The number of aromatic amines is 1. The summed E-state index contributed by atoms with van der Waals surface area (Å²) in [4.78, 5) is 42.6. The molecular formula is C36H39NO9. The molecule has 0 spiro atoms. The number of aliphatic hydroxyl groups excluding tert-OH is 1. The molecule has 1 saturated carbocycles. The Kier molecular flexibility index (Phi) is 8.76. The van der Waals surface area contributed by atoms with E-state index in [1.165, 1.54) is 7.11 Å². The summed E-state index contributed by atoms with van der Waals surface area (Å²) in [6, 6.07) is 9.55. The smallest absolute Gasteiger partial charge is 0.375 e. The lowest BCUT2D eigenvalue weighted by molar-refractivity contribution is -0.141. The van der Waals surface area contributed by atoms with Crippen LogP contribution in [-0.4, -0.2) is 65.3 Å². The molecule has 0 bridgehead atoms. The number of allylic oxidation sites excluding steroid dienone is 3. The third-order valence-corrected chi connectivity index (χ3v) is 9.35. The third kappa shape index (κ3) is 5.60. The van der Waals surface area contributed by atoms with Gasteiger partial charge in [-0.05, 0) is 75.1 Å². The van der Waals surface area contributed by atoms with Crippen LogP contribution in [0.15, 0.2) is 53.4 Å². The summed E-state index contributed by atoms with van der Waals surface area (Å²) in [7, 11) is 1.52. The summed E-state index contributed by atoms with van der Waals surface area (Å²) in [5, 5.41) is 21.6.